The van der Waals surface area contributed by atoms with Gasteiger partial charge in [-0.15, -0.1) is 0 Å². The monoisotopic (exact) mass is 384 g/mol. The van der Waals surface area contributed by atoms with Crippen LogP contribution in [-0.4, -0.2) is 40.1 Å². The molecule has 2 heterocycles. The Morgan fingerprint density at radius 1 is 1.23 bits per heavy atom. The van der Waals surface area contributed by atoms with E-state index in [1.165, 1.54) is 4.90 Å². The van der Waals surface area contributed by atoms with Gasteiger partial charge in [0.2, 0.25) is 0 Å². The van der Waals surface area contributed by atoms with Gasteiger partial charge >= 0.3 is 6.18 Å². The maximum absolute atomic E-state index is 12.9. The lowest BCUT2D eigenvalue weighted by Crippen LogP contribution is -2.30. The Balaban J connectivity index is 1.77. The molecule has 26 heavy (non-hydrogen) atoms. The number of nitrogens with zero attached hydrogens (tertiary/aromatic N) is 2. The van der Waals surface area contributed by atoms with Crippen molar-refractivity contribution in [3.63, 3.8) is 0 Å². The van der Waals surface area contributed by atoms with Crippen LogP contribution in [0.15, 0.2) is 42.7 Å². The Hall–Kier alpha value is -2.12. The molecule has 4 nitrogen and oxygen atoms in total. The van der Waals surface area contributed by atoms with Crippen molar-refractivity contribution >= 4 is 17.5 Å². The number of likely N-dealkylation sites (tertiary alicyclic amines) is 1. The lowest BCUT2D eigenvalue weighted by molar-refractivity contribution is -0.137. The van der Waals surface area contributed by atoms with E-state index in [1.807, 2.05) is 12.1 Å². The van der Waals surface area contributed by atoms with Crippen LogP contribution in [0.2, 0.25) is 5.02 Å². The third kappa shape index (κ3) is 3.99. The van der Waals surface area contributed by atoms with E-state index >= 15 is 0 Å². The lowest BCUT2D eigenvalue weighted by Gasteiger charge is -2.18. The molecule has 0 radical (unpaired) electrons. The average Bonchev–Trinajstić information content (AvgIpc) is 2.95. The molecule has 1 aliphatic rings. The molecule has 1 amide bonds. The number of β-amino-alcohol motifs (C(OH)–C–C–N with tert-alkyl or cyclic N) is 1. The van der Waals surface area contributed by atoms with Gasteiger partial charge in [-0.2, -0.15) is 13.2 Å². The van der Waals surface area contributed by atoms with E-state index < -0.39 is 23.8 Å². The molecule has 0 bridgehead atoms. The van der Waals surface area contributed by atoms with Crippen molar-refractivity contribution in [2.45, 2.75) is 18.7 Å². The predicted octanol–water partition coefficient (Wildman–Crippen LogP) is 3.43. The maximum atomic E-state index is 12.9. The molecule has 2 atom stereocenters. The average molecular weight is 385 g/mol. The fraction of sp³-hybridized carbons (Fsp3) is 0.333. The second-order valence-electron chi connectivity index (χ2n) is 6.29. The van der Waals surface area contributed by atoms with Crippen LogP contribution in [0.3, 0.4) is 0 Å². The quantitative estimate of drug-likeness (QED) is 0.882. The first kappa shape index (κ1) is 18.7. The van der Waals surface area contributed by atoms with Gasteiger partial charge in [-0.05, 0) is 42.3 Å². The van der Waals surface area contributed by atoms with Crippen molar-refractivity contribution in [3.8, 4) is 0 Å². The summed E-state index contributed by atoms with van der Waals surface area (Å²) in [6, 6.07) is 6.30. The minimum Gasteiger partial charge on any atom is -0.391 e. The summed E-state index contributed by atoms with van der Waals surface area (Å²) >= 11 is 5.94. The SMILES string of the molecule is O=C(c1cc(C(F)(F)F)ccc1Cl)N1C[C@@H](Cc2ccncc2)[C@@H](O)C1. The molecule has 3 rings (SSSR count). The number of halogens is 4. The number of hydrogen-bond acceptors (Lipinski definition) is 3. The zero-order valence-corrected chi connectivity index (χ0v) is 14.3. The highest BCUT2D eigenvalue weighted by molar-refractivity contribution is 6.33. The number of amides is 1. The van der Waals surface area contributed by atoms with E-state index in [0.29, 0.717) is 6.42 Å². The lowest BCUT2D eigenvalue weighted by atomic mass is 9.97. The molecule has 1 aromatic heterocycles. The highest BCUT2D eigenvalue weighted by Crippen LogP contribution is 2.33. The molecule has 2 aromatic rings. The van der Waals surface area contributed by atoms with E-state index in [4.69, 9.17) is 11.6 Å². The van der Waals surface area contributed by atoms with Gasteiger partial charge in [0, 0.05) is 31.4 Å². The molecule has 1 fully saturated rings. The summed E-state index contributed by atoms with van der Waals surface area (Å²) in [5, 5.41) is 10.2. The third-order valence-electron chi connectivity index (χ3n) is 4.47. The first-order valence-corrected chi connectivity index (χ1v) is 8.36. The van der Waals surface area contributed by atoms with Gasteiger partial charge in [0.25, 0.3) is 5.91 Å². The Morgan fingerprint density at radius 2 is 1.92 bits per heavy atom. The number of alkyl halides is 3. The zero-order valence-electron chi connectivity index (χ0n) is 13.6. The van der Waals surface area contributed by atoms with Gasteiger partial charge in [0.1, 0.15) is 0 Å². The zero-order chi connectivity index (χ0) is 18.9. The Morgan fingerprint density at radius 3 is 2.58 bits per heavy atom. The van der Waals surface area contributed by atoms with Crippen molar-refractivity contribution < 1.29 is 23.1 Å². The van der Waals surface area contributed by atoms with E-state index in [9.17, 15) is 23.1 Å². The van der Waals surface area contributed by atoms with Crippen molar-refractivity contribution in [1.29, 1.82) is 0 Å². The third-order valence-corrected chi connectivity index (χ3v) is 4.79. The molecule has 138 valence electrons. The smallest absolute Gasteiger partial charge is 0.391 e. The summed E-state index contributed by atoms with van der Waals surface area (Å²) in [4.78, 5) is 17.9. The number of benzene rings is 1. The number of hydrogen-bond donors (Lipinski definition) is 1. The summed E-state index contributed by atoms with van der Waals surface area (Å²) in [5.41, 5.74) is -0.174. The van der Waals surface area contributed by atoms with Crippen LogP contribution in [0.5, 0.6) is 0 Å². The van der Waals surface area contributed by atoms with Crippen LogP contribution in [0.25, 0.3) is 0 Å². The van der Waals surface area contributed by atoms with Gasteiger partial charge in [0.15, 0.2) is 0 Å². The Bertz CT molecular complexity index is 799. The summed E-state index contributed by atoms with van der Waals surface area (Å²) in [6.07, 6.45) is -1.49. The molecular weight excluding hydrogens is 369 g/mol. The molecule has 0 aliphatic carbocycles. The first-order valence-electron chi connectivity index (χ1n) is 7.98. The molecule has 1 aromatic carbocycles. The highest BCUT2D eigenvalue weighted by atomic mass is 35.5. The summed E-state index contributed by atoms with van der Waals surface area (Å²) in [5.74, 6) is -0.816. The fourth-order valence-electron chi connectivity index (χ4n) is 3.08. The summed E-state index contributed by atoms with van der Waals surface area (Å²) < 4.78 is 38.7. The Kier molecular flexibility index (Phi) is 5.20. The fourth-order valence-corrected chi connectivity index (χ4v) is 3.28. The number of carbonyl (C=O) groups excluding carboxylic acids is 1. The second kappa shape index (κ2) is 7.25. The van der Waals surface area contributed by atoms with E-state index in [1.54, 1.807) is 12.4 Å². The Labute approximate surface area is 153 Å². The van der Waals surface area contributed by atoms with Crippen molar-refractivity contribution in [2.75, 3.05) is 13.1 Å². The topological polar surface area (TPSA) is 53.4 Å². The van der Waals surface area contributed by atoms with Crippen molar-refractivity contribution in [1.82, 2.24) is 9.88 Å². The minimum absolute atomic E-state index is 0.0462. The molecule has 0 unspecified atom stereocenters. The standard InChI is InChI=1S/C18H16ClF3N2O2/c19-15-2-1-13(18(20,21)22)8-14(15)17(26)24-9-12(16(25)10-24)7-11-3-5-23-6-4-11/h1-6,8,12,16,25H,7,9-10H2/t12-,16+/m1/s1. The number of carbonyl (C=O) groups is 1. The minimum atomic E-state index is -4.56. The summed E-state index contributed by atoms with van der Waals surface area (Å²) in [7, 11) is 0. The van der Waals surface area contributed by atoms with Gasteiger partial charge in [-0.1, -0.05) is 11.6 Å². The van der Waals surface area contributed by atoms with Crippen LogP contribution in [0.1, 0.15) is 21.5 Å². The second-order valence-corrected chi connectivity index (χ2v) is 6.70. The number of aliphatic hydroxyl groups is 1. The molecule has 1 N–H and O–H groups in total. The predicted molar refractivity (Wildman–Crippen MR) is 89.8 cm³/mol. The number of aliphatic hydroxyl groups excluding tert-OH is 1. The highest BCUT2D eigenvalue weighted by Gasteiger charge is 2.36. The van der Waals surface area contributed by atoms with Gasteiger partial charge < -0.3 is 10.0 Å². The normalized spacial score (nSPS) is 20.4. The van der Waals surface area contributed by atoms with Crippen LogP contribution >= 0.6 is 11.6 Å². The maximum Gasteiger partial charge on any atom is 0.416 e. The molecular formula is C18H16ClF3N2O2. The van der Waals surface area contributed by atoms with E-state index in [0.717, 1.165) is 23.8 Å². The van der Waals surface area contributed by atoms with Gasteiger partial charge in [-0.3, -0.25) is 9.78 Å². The number of aromatic nitrogens is 1. The van der Waals surface area contributed by atoms with Crippen molar-refractivity contribution in [3.05, 3.63) is 64.4 Å². The van der Waals surface area contributed by atoms with Crippen LogP contribution in [0, 0.1) is 5.92 Å². The van der Waals surface area contributed by atoms with Gasteiger partial charge in [0.05, 0.1) is 22.3 Å². The van der Waals surface area contributed by atoms with E-state index in [-0.39, 0.29) is 29.6 Å². The van der Waals surface area contributed by atoms with Crippen molar-refractivity contribution in [2.24, 2.45) is 5.92 Å². The largest absolute Gasteiger partial charge is 0.416 e. The number of pyridine rings is 1. The van der Waals surface area contributed by atoms with Gasteiger partial charge in [-0.25, -0.2) is 0 Å². The first-order chi connectivity index (χ1) is 12.3. The molecule has 1 aliphatic heterocycles. The summed E-state index contributed by atoms with van der Waals surface area (Å²) in [6.45, 7) is 0.302. The molecule has 1 saturated heterocycles. The number of rotatable bonds is 3. The molecule has 8 heteroatoms. The van der Waals surface area contributed by atoms with Crippen LogP contribution < -0.4 is 0 Å². The van der Waals surface area contributed by atoms with E-state index in [2.05, 4.69) is 4.98 Å². The van der Waals surface area contributed by atoms with Crippen LogP contribution in [-0.2, 0) is 12.6 Å². The van der Waals surface area contributed by atoms with Crippen LogP contribution in [0.4, 0.5) is 13.2 Å². The molecule has 0 spiro atoms. The molecule has 0 saturated carbocycles.